The van der Waals surface area contributed by atoms with Crippen LogP contribution in [0.25, 0.3) is 0 Å². The minimum atomic E-state index is -4.47. The van der Waals surface area contributed by atoms with Gasteiger partial charge in [-0.05, 0) is 6.92 Å². The molecule has 1 saturated heterocycles. The summed E-state index contributed by atoms with van der Waals surface area (Å²) in [5, 5.41) is 5.12. The third kappa shape index (κ3) is 8.15. The molecule has 2 atom stereocenters. The number of carbonyl (C=O) groups is 1. The largest absolute Gasteiger partial charge is 0.405 e. The number of hydrogen-bond acceptors (Lipinski definition) is 5. The lowest BCUT2D eigenvalue weighted by Crippen LogP contribution is -2.58. The van der Waals surface area contributed by atoms with Gasteiger partial charge in [0.15, 0.2) is 0 Å². The van der Waals surface area contributed by atoms with E-state index in [1.165, 1.54) is 11.8 Å². The van der Waals surface area contributed by atoms with Gasteiger partial charge in [0.1, 0.15) is 6.04 Å². The predicted octanol–water partition coefficient (Wildman–Crippen LogP) is -0.702. The van der Waals surface area contributed by atoms with Gasteiger partial charge in [0.2, 0.25) is 15.9 Å². The molecular formula is C11H22ClF3N4O3S. The van der Waals surface area contributed by atoms with E-state index < -0.39 is 40.7 Å². The van der Waals surface area contributed by atoms with Crippen LogP contribution in [0.1, 0.15) is 6.92 Å². The van der Waals surface area contributed by atoms with Gasteiger partial charge in [-0.3, -0.25) is 9.69 Å². The lowest BCUT2D eigenvalue weighted by Gasteiger charge is -2.36. The SMILES string of the molecule is CC(NS(C)(=O)=O)C(=O)NCC(N1CCNCC1)C(F)(F)F.Cl. The molecule has 1 rings (SSSR count). The van der Waals surface area contributed by atoms with Gasteiger partial charge in [-0.25, -0.2) is 13.1 Å². The second-order valence-electron chi connectivity index (χ2n) is 5.20. The molecule has 0 radical (unpaired) electrons. The zero-order chi connectivity index (χ0) is 17.0. The number of piperazine rings is 1. The number of nitrogens with one attached hydrogen (secondary N) is 3. The lowest BCUT2D eigenvalue weighted by atomic mass is 10.2. The van der Waals surface area contributed by atoms with Crippen molar-refractivity contribution < 1.29 is 26.4 Å². The average Bonchev–Trinajstić information content (AvgIpc) is 2.36. The maximum Gasteiger partial charge on any atom is 0.405 e. The normalized spacial score (nSPS) is 19.5. The fourth-order valence-corrected chi connectivity index (χ4v) is 2.92. The maximum atomic E-state index is 13.1. The van der Waals surface area contributed by atoms with Crippen molar-refractivity contribution >= 4 is 28.3 Å². The van der Waals surface area contributed by atoms with Crippen molar-refractivity contribution in [2.75, 3.05) is 39.0 Å². The molecule has 2 unspecified atom stereocenters. The molecule has 0 aromatic heterocycles. The smallest absolute Gasteiger partial charge is 0.353 e. The molecular weight excluding hydrogens is 361 g/mol. The number of halogens is 4. The van der Waals surface area contributed by atoms with Crippen molar-refractivity contribution in [3.8, 4) is 0 Å². The summed E-state index contributed by atoms with van der Waals surface area (Å²) in [5.41, 5.74) is 0. The van der Waals surface area contributed by atoms with Crippen LogP contribution in [0.3, 0.4) is 0 Å². The Hall–Kier alpha value is -0.620. The Morgan fingerprint density at radius 3 is 2.26 bits per heavy atom. The van der Waals surface area contributed by atoms with Crippen LogP contribution >= 0.6 is 12.4 Å². The first-order valence-corrected chi connectivity index (χ1v) is 8.66. The third-order valence-corrected chi connectivity index (χ3v) is 4.01. The minimum absolute atomic E-state index is 0. The van der Waals surface area contributed by atoms with Crippen LogP contribution in [-0.4, -0.2) is 76.5 Å². The summed E-state index contributed by atoms with van der Waals surface area (Å²) < 4.78 is 63.3. The molecule has 12 heteroatoms. The summed E-state index contributed by atoms with van der Waals surface area (Å²) in [6, 6.07) is -2.92. The summed E-state index contributed by atoms with van der Waals surface area (Å²) >= 11 is 0. The molecule has 23 heavy (non-hydrogen) atoms. The molecule has 1 heterocycles. The Morgan fingerprint density at radius 1 is 1.30 bits per heavy atom. The van der Waals surface area contributed by atoms with Crippen LogP contribution in [0, 0.1) is 0 Å². The predicted molar refractivity (Wildman–Crippen MR) is 82.0 cm³/mol. The first kappa shape index (κ1) is 22.4. The first-order chi connectivity index (χ1) is 10.0. The van der Waals surface area contributed by atoms with Crippen LogP contribution < -0.4 is 15.4 Å². The van der Waals surface area contributed by atoms with Gasteiger partial charge in [0.05, 0.1) is 12.3 Å². The van der Waals surface area contributed by atoms with Crippen LogP contribution in [-0.2, 0) is 14.8 Å². The average molecular weight is 383 g/mol. The van der Waals surface area contributed by atoms with E-state index in [-0.39, 0.29) is 25.5 Å². The van der Waals surface area contributed by atoms with Gasteiger partial charge >= 0.3 is 6.18 Å². The van der Waals surface area contributed by atoms with Crippen molar-refractivity contribution in [1.29, 1.82) is 0 Å². The molecule has 7 nitrogen and oxygen atoms in total. The summed E-state index contributed by atoms with van der Waals surface area (Å²) in [6.45, 7) is 2.02. The number of amides is 1. The second-order valence-corrected chi connectivity index (χ2v) is 6.98. The van der Waals surface area contributed by atoms with Crippen molar-refractivity contribution in [1.82, 2.24) is 20.3 Å². The Morgan fingerprint density at radius 2 is 1.83 bits per heavy atom. The van der Waals surface area contributed by atoms with Gasteiger partial charge in [0.25, 0.3) is 0 Å². The number of rotatable bonds is 6. The zero-order valence-electron chi connectivity index (χ0n) is 12.8. The highest BCUT2D eigenvalue weighted by atomic mass is 35.5. The van der Waals surface area contributed by atoms with Gasteiger partial charge in [-0.15, -0.1) is 12.4 Å². The van der Waals surface area contributed by atoms with Crippen molar-refractivity contribution in [2.45, 2.75) is 25.2 Å². The summed E-state index contributed by atoms with van der Waals surface area (Å²) in [5.74, 6) is -0.796. The lowest BCUT2D eigenvalue weighted by molar-refractivity contribution is -0.184. The zero-order valence-corrected chi connectivity index (χ0v) is 14.4. The Labute approximate surface area is 139 Å². The molecule has 0 spiro atoms. The molecule has 1 aliphatic heterocycles. The highest BCUT2D eigenvalue weighted by Gasteiger charge is 2.43. The molecule has 1 aliphatic rings. The molecule has 0 aromatic rings. The summed E-state index contributed by atoms with van der Waals surface area (Å²) in [6.07, 6.45) is -3.60. The van der Waals surface area contributed by atoms with E-state index >= 15 is 0 Å². The minimum Gasteiger partial charge on any atom is -0.353 e. The van der Waals surface area contributed by atoms with E-state index in [1.54, 1.807) is 0 Å². The number of sulfonamides is 1. The third-order valence-electron chi connectivity index (χ3n) is 3.22. The number of alkyl halides is 3. The van der Waals surface area contributed by atoms with Crippen LogP contribution in [0.2, 0.25) is 0 Å². The molecule has 3 N–H and O–H groups in total. The van der Waals surface area contributed by atoms with Gasteiger partial charge < -0.3 is 10.6 Å². The van der Waals surface area contributed by atoms with Crippen LogP contribution in [0.4, 0.5) is 13.2 Å². The fraction of sp³-hybridized carbons (Fsp3) is 0.909. The van der Waals surface area contributed by atoms with Gasteiger partial charge in [0, 0.05) is 32.7 Å². The number of hydrogen-bond donors (Lipinski definition) is 3. The van der Waals surface area contributed by atoms with Crippen molar-refractivity contribution in [3.05, 3.63) is 0 Å². The monoisotopic (exact) mass is 382 g/mol. The van der Waals surface area contributed by atoms with Crippen molar-refractivity contribution in [3.63, 3.8) is 0 Å². The molecule has 0 aromatic carbocycles. The molecule has 1 amide bonds. The Bertz CT molecular complexity index is 483. The van der Waals surface area contributed by atoms with Gasteiger partial charge in [-0.1, -0.05) is 0 Å². The van der Waals surface area contributed by atoms with Crippen LogP contribution in [0.5, 0.6) is 0 Å². The summed E-state index contributed by atoms with van der Waals surface area (Å²) in [4.78, 5) is 13.0. The highest BCUT2D eigenvalue weighted by Crippen LogP contribution is 2.24. The molecule has 0 aliphatic carbocycles. The standard InChI is InChI=1S/C11H21F3N4O3S.ClH/c1-8(17-22(2,20)21)10(19)16-7-9(11(12,13)14)18-5-3-15-4-6-18;/h8-9,15,17H,3-7H2,1-2H3,(H,16,19);1H. The molecule has 1 fully saturated rings. The van der Waals surface area contributed by atoms with Gasteiger partial charge in [-0.2, -0.15) is 13.2 Å². The Kier molecular flexibility index (Phi) is 8.77. The number of carbonyl (C=O) groups excluding carboxylic acids is 1. The van der Waals surface area contributed by atoms with Crippen LogP contribution in [0.15, 0.2) is 0 Å². The highest BCUT2D eigenvalue weighted by molar-refractivity contribution is 7.88. The first-order valence-electron chi connectivity index (χ1n) is 6.77. The fourth-order valence-electron chi connectivity index (χ4n) is 2.17. The van der Waals surface area contributed by atoms with E-state index in [0.29, 0.717) is 13.1 Å². The molecule has 0 bridgehead atoms. The van der Waals surface area contributed by atoms with E-state index in [2.05, 4.69) is 10.6 Å². The van der Waals surface area contributed by atoms with E-state index in [4.69, 9.17) is 0 Å². The van der Waals surface area contributed by atoms with Crippen molar-refractivity contribution in [2.24, 2.45) is 0 Å². The Balaban J connectivity index is 0.00000484. The van der Waals surface area contributed by atoms with E-state index in [0.717, 1.165) is 6.26 Å². The van der Waals surface area contributed by atoms with E-state index in [1.807, 2.05) is 4.72 Å². The molecule has 0 saturated carbocycles. The second kappa shape index (κ2) is 9.02. The summed E-state index contributed by atoms with van der Waals surface area (Å²) in [7, 11) is -3.61. The quantitative estimate of drug-likeness (QED) is 0.565. The maximum absolute atomic E-state index is 13.1. The molecule has 138 valence electrons. The van der Waals surface area contributed by atoms with E-state index in [9.17, 15) is 26.4 Å². The topological polar surface area (TPSA) is 90.5 Å². The number of nitrogens with zero attached hydrogens (tertiary/aromatic N) is 1.